The largest absolute Gasteiger partial charge is 0.371 e. The van der Waals surface area contributed by atoms with Crippen LogP contribution in [-0.2, 0) is 35.7 Å². The van der Waals surface area contributed by atoms with Gasteiger partial charge in [0, 0.05) is 56.9 Å². The molecular weight excluding hydrogens is 542 g/mol. The van der Waals surface area contributed by atoms with Crippen LogP contribution in [0, 0.1) is 0 Å². The summed E-state index contributed by atoms with van der Waals surface area (Å²) in [5.41, 5.74) is 3.80. The topological polar surface area (TPSA) is 96.3 Å². The highest BCUT2D eigenvalue weighted by atomic mass is 16.7. The average molecular weight is 590 g/mol. The van der Waals surface area contributed by atoms with Crippen molar-refractivity contribution in [3.05, 3.63) is 83.4 Å². The molecule has 0 saturated carbocycles. The van der Waals surface area contributed by atoms with Gasteiger partial charge in [0.15, 0.2) is 0 Å². The first kappa shape index (κ1) is 32.3. The Morgan fingerprint density at radius 2 is 1.65 bits per heavy atom. The summed E-state index contributed by atoms with van der Waals surface area (Å²) in [6.45, 7) is 12.8. The maximum absolute atomic E-state index is 13.0. The molecule has 0 radical (unpaired) electrons. The first-order chi connectivity index (χ1) is 21.1. The number of benzene rings is 2. The lowest BCUT2D eigenvalue weighted by Crippen LogP contribution is -2.35. The molecule has 2 heterocycles. The van der Waals surface area contributed by atoms with Gasteiger partial charge in [-0.3, -0.25) is 19.6 Å². The van der Waals surface area contributed by atoms with Crippen LogP contribution in [-0.4, -0.2) is 84.3 Å². The summed E-state index contributed by atoms with van der Waals surface area (Å²) in [5.74, 6) is 1.84. The molecule has 0 fully saturated rings. The number of amidine groups is 1. The number of hydrogen-bond donors (Lipinski definition) is 2. The molecule has 0 spiro atoms. The smallest absolute Gasteiger partial charge is 0.255 e. The van der Waals surface area contributed by atoms with E-state index in [0.29, 0.717) is 38.3 Å². The third kappa shape index (κ3) is 10.6. The zero-order valence-electron chi connectivity index (χ0n) is 25.9. The summed E-state index contributed by atoms with van der Waals surface area (Å²) >= 11 is 0. The number of ether oxygens (including phenoxy) is 2. The van der Waals surface area contributed by atoms with E-state index in [-0.39, 0.29) is 12.7 Å². The van der Waals surface area contributed by atoms with E-state index in [9.17, 15) is 4.79 Å². The van der Waals surface area contributed by atoms with Gasteiger partial charge >= 0.3 is 0 Å². The van der Waals surface area contributed by atoms with Crippen LogP contribution in [0.5, 0.6) is 0 Å². The number of hydrogen-bond acceptors (Lipinski definition) is 8. The Hall–Kier alpha value is -3.57. The lowest BCUT2D eigenvalue weighted by atomic mass is 10.1. The Morgan fingerprint density at radius 3 is 2.30 bits per heavy atom. The molecule has 43 heavy (non-hydrogen) atoms. The van der Waals surface area contributed by atoms with Crippen molar-refractivity contribution >= 4 is 17.4 Å². The Balaban J connectivity index is 1.35. The summed E-state index contributed by atoms with van der Waals surface area (Å²) in [5, 5.41) is 6.42. The Bertz CT molecular complexity index is 1270. The lowest BCUT2D eigenvalue weighted by Gasteiger charge is -2.23. The van der Waals surface area contributed by atoms with Crippen LogP contribution in [0.15, 0.2) is 65.9 Å². The van der Waals surface area contributed by atoms with Crippen LogP contribution in [0.1, 0.15) is 54.0 Å². The summed E-state index contributed by atoms with van der Waals surface area (Å²) < 4.78 is 12.6. The van der Waals surface area contributed by atoms with Gasteiger partial charge in [0.1, 0.15) is 18.5 Å². The first-order valence-corrected chi connectivity index (χ1v) is 15.4. The number of rotatable bonds is 19. The van der Waals surface area contributed by atoms with E-state index >= 15 is 0 Å². The van der Waals surface area contributed by atoms with E-state index in [1.807, 2.05) is 48.8 Å². The van der Waals surface area contributed by atoms with Crippen molar-refractivity contribution in [1.29, 1.82) is 0 Å². The highest BCUT2D eigenvalue weighted by molar-refractivity contribution is 6.04. The van der Waals surface area contributed by atoms with Gasteiger partial charge in [-0.2, -0.15) is 0 Å². The Labute approximate surface area is 256 Å². The quantitative estimate of drug-likeness (QED) is 0.158. The van der Waals surface area contributed by atoms with Gasteiger partial charge in [0.2, 0.25) is 0 Å². The molecule has 0 saturated heterocycles. The van der Waals surface area contributed by atoms with E-state index in [4.69, 9.17) is 9.47 Å². The molecule has 232 valence electrons. The van der Waals surface area contributed by atoms with Crippen LogP contribution in [0.3, 0.4) is 0 Å². The molecule has 1 aromatic heterocycles. The molecule has 10 heteroatoms. The molecule has 0 bridgehead atoms. The van der Waals surface area contributed by atoms with Crippen molar-refractivity contribution in [2.24, 2.45) is 4.99 Å². The van der Waals surface area contributed by atoms with E-state index < -0.39 is 0 Å². The predicted molar refractivity (Wildman–Crippen MR) is 171 cm³/mol. The van der Waals surface area contributed by atoms with E-state index in [1.165, 1.54) is 5.56 Å². The molecule has 2 N–H and O–H groups in total. The van der Waals surface area contributed by atoms with Crippen LogP contribution in [0.25, 0.3) is 0 Å². The number of methoxy groups -OCH3 is 1. The molecule has 2 aromatic carbocycles. The molecule has 4 rings (SSSR count). The second kappa shape index (κ2) is 17.5. The number of imidazole rings is 1. The maximum Gasteiger partial charge on any atom is 0.255 e. The molecule has 0 atom stereocenters. The fourth-order valence-corrected chi connectivity index (χ4v) is 5.21. The number of nitrogens with zero attached hydrogens (tertiary/aromatic N) is 5. The van der Waals surface area contributed by atoms with Crippen LogP contribution < -0.4 is 10.6 Å². The summed E-state index contributed by atoms with van der Waals surface area (Å²) in [4.78, 5) is 27.0. The Kier molecular flexibility index (Phi) is 13.2. The van der Waals surface area contributed by atoms with Gasteiger partial charge in [0.05, 0.1) is 26.2 Å². The average Bonchev–Trinajstić information content (AvgIpc) is 3.69. The Morgan fingerprint density at radius 1 is 0.953 bits per heavy atom. The third-order valence-corrected chi connectivity index (χ3v) is 7.28. The molecule has 1 aliphatic heterocycles. The van der Waals surface area contributed by atoms with E-state index in [2.05, 4.69) is 61.0 Å². The molecule has 0 aliphatic carbocycles. The minimum Gasteiger partial charge on any atom is -0.371 e. The van der Waals surface area contributed by atoms with Crippen molar-refractivity contribution in [2.45, 2.75) is 52.9 Å². The van der Waals surface area contributed by atoms with Gasteiger partial charge in [-0.05, 0) is 61.3 Å². The molecule has 10 nitrogen and oxygen atoms in total. The standard InChI is InChI=1S/C33H47N7O3/c1-4-17-38(18-5-2)22-28-8-12-30(13-9-28)37-33(41)29-10-6-27(7-11-29)23-39(24-31-34-14-15-35-31)25-32-36-16-19-40(32)20-21-43-26-42-3/h6-13,16,19H,4-5,14-15,17-18,20-26H2,1-3H3,(H,34,35)(H,37,41). The van der Waals surface area contributed by atoms with Crippen LogP contribution >= 0.6 is 0 Å². The third-order valence-electron chi connectivity index (χ3n) is 7.28. The summed E-state index contributed by atoms with van der Waals surface area (Å²) in [7, 11) is 1.62. The van der Waals surface area contributed by atoms with Crippen LogP contribution in [0.2, 0.25) is 0 Å². The fourth-order valence-electron chi connectivity index (χ4n) is 5.21. The first-order valence-electron chi connectivity index (χ1n) is 15.4. The molecule has 0 unspecified atom stereocenters. The lowest BCUT2D eigenvalue weighted by molar-refractivity contribution is -0.0332. The predicted octanol–water partition coefficient (Wildman–Crippen LogP) is 4.38. The number of aliphatic imine (C=N–C) groups is 1. The van der Waals surface area contributed by atoms with Gasteiger partial charge < -0.3 is 24.7 Å². The van der Waals surface area contributed by atoms with Gasteiger partial charge in [0.25, 0.3) is 5.91 Å². The van der Waals surface area contributed by atoms with Gasteiger partial charge in [-0.25, -0.2) is 4.98 Å². The monoisotopic (exact) mass is 589 g/mol. The summed E-state index contributed by atoms with van der Waals surface area (Å²) in [6, 6.07) is 16.0. The fraction of sp³-hybridized carbons (Fsp3) is 0.485. The second-order valence-electron chi connectivity index (χ2n) is 10.9. The zero-order chi connectivity index (χ0) is 30.3. The number of nitrogens with one attached hydrogen (secondary N) is 2. The number of carbonyl (C=O) groups excluding carboxylic acids is 1. The number of aromatic nitrogens is 2. The number of carbonyl (C=O) groups is 1. The normalized spacial score (nSPS) is 13.0. The molecule has 1 aliphatic rings. The molecular formula is C33H47N7O3. The molecule has 3 aromatic rings. The van der Waals surface area contributed by atoms with Crippen molar-refractivity contribution < 1.29 is 14.3 Å². The van der Waals surface area contributed by atoms with Crippen molar-refractivity contribution in [1.82, 2.24) is 24.7 Å². The highest BCUT2D eigenvalue weighted by Gasteiger charge is 2.16. The van der Waals surface area contributed by atoms with Gasteiger partial charge in [-0.15, -0.1) is 0 Å². The zero-order valence-corrected chi connectivity index (χ0v) is 25.9. The van der Waals surface area contributed by atoms with E-state index in [0.717, 1.165) is 68.5 Å². The minimum absolute atomic E-state index is 0.114. The number of amides is 1. The second-order valence-corrected chi connectivity index (χ2v) is 10.9. The SMILES string of the molecule is CCCN(CCC)Cc1ccc(NC(=O)c2ccc(CN(CC3=NCCN3)Cc3nccn3CCOCOC)cc2)cc1. The van der Waals surface area contributed by atoms with Crippen molar-refractivity contribution in [3.8, 4) is 0 Å². The maximum atomic E-state index is 13.0. The van der Waals surface area contributed by atoms with Crippen LogP contribution in [0.4, 0.5) is 5.69 Å². The van der Waals surface area contributed by atoms with Crippen molar-refractivity contribution in [2.75, 3.05) is 58.6 Å². The minimum atomic E-state index is -0.114. The summed E-state index contributed by atoms with van der Waals surface area (Å²) in [6.07, 6.45) is 6.09. The van der Waals surface area contributed by atoms with E-state index in [1.54, 1.807) is 7.11 Å². The molecule has 1 amide bonds. The number of anilines is 1. The van der Waals surface area contributed by atoms with Gasteiger partial charge in [-0.1, -0.05) is 38.1 Å². The highest BCUT2D eigenvalue weighted by Crippen LogP contribution is 2.16. The van der Waals surface area contributed by atoms with Crippen molar-refractivity contribution in [3.63, 3.8) is 0 Å².